The molecule has 1 amide bonds. The number of amides is 1. The number of hydrogen-bond acceptors (Lipinski definition) is 4. The molecule has 1 fully saturated rings. The molecule has 1 aromatic carbocycles. The number of sulfonamides is 1. The maximum Gasteiger partial charge on any atom is 0.253 e. The highest BCUT2D eigenvalue weighted by Gasteiger charge is 2.27. The minimum absolute atomic E-state index is 0.181. The van der Waals surface area contributed by atoms with Gasteiger partial charge in [0.05, 0.1) is 0 Å². The summed E-state index contributed by atoms with van der Waals surface area (Å²) in [5, 5.41) is 0. The van der Waals surface area contributed by atoms with Crippen LogP contribution < -0.4 is 4.72 Å². The van der Waals surface area contributed by atoms with Crippen LogP contribution in [0.3, 0.4) is 0 Å². The van der Waals surface area contributed by atoms with E-state index >= 15 is 0 Å². The van der Waals surface area contributed by atoms with Crippen LogP contribution in [0.4, 0.5) is 4.39 Å². The Labute approximate surface area is 149 Å². The van der Waals surface area contributed by atoms with E-state index in [9.17, 15) is 17.6 Å². The van der Waals surface area contributed by atoms with Gasteiger partial charge in [0.15, 0.2) is 0 Å². The Balaban J connectivity index is 2.30. The lowest BCUT2D eigenvalue weighted by molar-refractivity contribution is 0.0762. The summed E-state index contributed by atoms with van der Waals surface area (Å²) < 4.78 is 41.4. The molecule has 0 unspecified atom stereocenters. The van der Waals surface area contributed by atoms with Crippen LogP contribution >= 0.6 is 0 Å². The molecular weight excluding hydrogens is 345 g/mol. The lowest BCUT2D eigenvalue weighted by Gasteiger charge is -2.22. The van der Waals surface area contributed by atoms with E-state index in [1.165, 1.54) is 6.07 Å². The van der Waals surface area contributed by atoms with Crippen LogP contribution in [0.25, 0.3) is 0 Å². The van der Waals surface area contributed by atoms with Crippen LogP contribution in [0.15, 0.2) is 23.1 Å². The van der Waals surface area contributed by atoms with Crippen molar-refractivity contribution in [2.24, 2.45) is 0 Å². The van der Waals surface area contributed by atoms with Gasteiger partial charge in [-0.05, 0) is 59.0 Å². The van der Waals surface area contributed by atoms with Gasteiger partial charge >= 0.3 is 0 Å². The number of nitrogens with one attached hydrogen (secondary N) is 1. The predicted octanol–water partition coefficient (Wildman–Crippen LogP) is 1.68. The average molecular weight is 371 g/mol. The number of nitrogens with zero attached hydrogens (tertiary/aromatic N) is 2. The number of carbonyl (C=O) groups excluding carboxylic acids is 1. The molecule has 1 N–H and O–H groups in total. The van der Waals surface area contributed by atoms with Crippen molar-refractivity contribution in [3.63, 3.8) is 0 Å². The quantitative estimate of drug-likeness (QED) is 0.878. The van der Waals surface area contributed by atoms with E-state index in [4.69, 9.17) is 0 Å². The molecule has 25 heavy (non-hydrogen) atoms. The van der Waals surface area contributed by atoms with E-state index < -0.39 is 26.3 Å². The molecule has 0 radical (unpaired) electrons. The molecule has 1 heterocycles. The van der Waals surface area contributed by atoms with E-state index in [0.29, 0.717) is 13.1 Å². The first kappa shape index (κ1) is 19.8. The van der Waals surface area contributed by atoms with Gasteiger partial charge in [0.2, 0.25) is 10.0 Å². The Hall–Kier alpha value is -1.51. The molecule has 8 heteroatoms. The molecule has 0 bridgehead atoms. The summed E-state index contributed by atoms with van der Waals surface area (Å²) in [5.74, 6) is -1.15. The van der Waals surface area contributed by atoms with Gasteiger partial charge in [-0.15, -0.1) is 0 Å². The summed E-state index contributed by atoms with van der Waals surface area (Å²) in [6, 6.07) is 3.50. The summed E-state index contributed by atoms with van der Waals surface area (Å²) in [6.07, 6.45) is 0.847. The lowest BCUT2D eigenvalue weighted by Crippen LogP contribution is -2.41. The zero-order chi connectivity index (χ0) is 18.8. The molecule has 0 saturated carbocycles. The zero-order valence-electron chi connectivity index (χ0n) is 15.2. The van der Waals surface area contributed by atoms with E-state index in [1.807, 2.05) is 7.05 Å². The molecule has 0 aromatic heterocycles. The summed E-state index contributed by atoms with van der Waals surface area (Å²) >= 11 is 0. The van der Waals surface area contributed by atoms with Crippen molar-refractivity contribution in [1.29, 1.82) is 0 Å². The van der Waals surface area contributed by atoms with Crippen molar-refractivity contribution in [2.45, 2.75) is 37.6 Å². The summed E-state index contributed by atoms with van der Waals surface area (Å²) in [4.78, 5) is 16.0. The maximum absolute atomic E-state index is 14.1. The Morgan fingerprint density at radius 1 is 1.16 bits per heavy atom. The first-order chi connectivity index (χ1) is 11.5. The second kappa shape index (κ2) is 7.39. The highest BCUT2D eigenvalue weighted by molar-refractivity contribution is 7.89. The number of rotatable bonds is 3. The lowest BCUT2D eigenvalue weighted by atomic mass is 10.1. The Morgan fingerprint density at radius 2 is 1.84 bits per heavy atom. The Kier molecular flexibility index (Phi) is 5.86. The van der Waals surface area contributed by atoms with E-state index in [1.54, 1.807) is 25.7 Å². The van der Waals surface area contributed by atoms with Gasteiger partial charge in [0.1, 0.15) is 10.7 Å². The molecule has 1 saturated heterocycles. The molecule has 140 valence electrons. The van der Waals surface area contributed by atoms with Crippen molar-refractivity contribution >= 4 is 15.9 Å². The Bertz CT molecular complexity index is 744. The normalized spacial score (nSPS) is 17.4. The van der Waals surface area contributed by atoms with Crippen LogP contribution in [0, 0.1) is 5.82 Å². The number of halogens is 1. The Morgan fingerprint density at radius 3 is 2.48 bits per heavy atom. The average Bonchev–Trinajstić information content (AvgIpc) is 2.69. The first-order valence-electron chi connectivity index (χ1n) is 8.31. The molecule has 0 aliphatic carbocycles. The summed E-state index contributed by atoms with van der Waals surface area (Å²) in [6.45, 7) is 7.84. The van der Waals surface area contributed by atoms with Crippen LogP contribution in [-0.4, -0.2) is 62.9 Å². The SMILES string of the molecule is CN1CCCN(C(=O)c2ccc(F)c(S(=O)(=O)NC(C)(C)C)c2)CC1. The van der Waals surface area contributed by atoms with Gasteiger partial charge in [0.25, 0.3) is 5.91 Å². The fourth-order valence-corrected chi connectivity index (χ4v) is 4.26. The fraction of sp³-hybridized carbons (Fsp3) is 0.588. The highest BCUT2D eigenvalue weighted by Crippen LogP contribution is 2.20. The zero-order valence-corrected chi connectivity index (χ0v) is 16.0. The fourth-order valence-electron chi connectivity index (χ4n) is 2.73. The molecule has 1 aromatic rings. The van der Waals surface area contributed by atoms with Crippen molar-refractivity contribution in [1.82, 2.24) is 14.5 Å². The van der Waals surface area contributed by atoms with E-state index in [0.717, 1.165) is 31.6 Å². The second-order valence-electron chi connectivity index (χ2n) is 7.45. The number of hydrogen-bond donors (Lipinski definition) is 1. The summed E-state index contributed by atoms with van der Waals surface area (Å²) in [7, 11) is -2.06. The molecular formula is C17H26FN3O3S. The number of benzene rings is 1. The largest absolute Gasteiger partial charge is 0.337 e. The van der Waals surface area contributed by atoms with E-state index in [2.05, 4.69) is 9.62 Å². The third kappa shape index (κ3) is 5.23. The van der Waals surface area contributed by atoms with Crippen LogP contribution in [0.1, 0.15) is 37.6 Å². The van der Waals surface area contributed by atoms with Crippen LogP contribution in [0.2, 0.25) is 0 Å². The van der Waals surface area contributed by atoms with Gasteiger partial charge in [-0.2, -0.15) is 0 Å². The van der Waals surface area contributed by atoms with Gasteiger partial charge in [-0.1, -0.05) is 0 Å². The van der Waals surface area contributed by atoms with Gasteiger partial charge < -0.3 is 9.80 Å². The predicted molar refractivity (Wildman–Crippen MR) is 94.5 cm³/mol. The maximum atomic E-state index is 14.1. The smallest absolute Gasteiger partial charge is 0.253 e. The standard InChI is InChI=1S/C17H26FN3O3S/c1-17(2,3)19-25(23,24)15-12-13(6-7-14(15)18)16(22)21-9-5-8-20(4)10-11-21/h6-7,12,19H,5,8-11H2,1-4H3. The van der Waals surface area contributed by atoms with Gasteiger partial charge in [0, 0.05) is 30.7 Å². The van der Waals surface area contributed by atoms with Crippen molar-refractivity contribution < 1.29 is 17.6 Å². The van der Waals surface area contributed by atoms with Crippen LogP contribution in [-0.2, 0) is 10.0 Å². The van der Waals surface area contributed by atoms with Gasteiger partial charge in [-0.25, -0.2) is 17.5 Å². The van der Waals surface area contributed by atoms with Crippen molar-refractivity contribution in [2.75, 3.05) is 33.2 Å². The monoisotopic (exact) mass is 371 g/mol. The van der Waals surface area contributed by atoms with Crippen molar-refractivity contribution in [3.05, 3.63) is 29.6 Å². The number of likely N-dealkylation sites (N-methyl/N-ethyl adjacent to an activating group) is 1. The summed E-state index contributed by atoms with van der Waals surface area (Å²) in [5.41, 5.74) is -0.569. The molecule has 1 aliphatic rings. The van der Waals surface area contributed by atoms with Crippen molar-refractivity contribution in [3.8, 4) is 0 Å². The minimum Gasteiger partial charge on any atom is -0.337 e. The third-order valence-corrected chi connectivity index (χ3v) is 5.69. The molecule has 0 spiro atoms. The third-order valence-electron chi connectivity index (χ3n) is 3.91. The minimum atomic E-state index is -4.06. The van der Waals surface area contributed by atoms with E-state index in [-0.39, 0.29) is 11.5 Å². The number of carbonyl (C=O) groups is 1. The topological polar surface area (TPSA) is 69.7 Å². The van der Waals surface area contributed by atoms with Crippen LogP contribution in [0.5, 0.6) is 0 Å². The molecule has 0 atom stereocenters. The molecule has 2 rings (SSSR count). The molecule has 1 aliphatic heterocycles. The second-order valence-corrected chi connectivity index (χ2v) is 9.10. The first-order valence-corrected chi connectivity index (χ1v) is 9.79. The highest BCUT2D eigenvalue weighted by atomic mass is 32.2. The molecule has 6 nitrogen and oxygen atoms in total. The van der Waals surface area contributed by atoms with Gasteiger partial charge in [-0.3, -0.25) is 4.79 Å².